The van der Waals surface area contributed by atoms with E-state index < -0.39 is 0 Å². The van der Waals surface area contributed by atoms with Crippen LogP contribution < -0.4 is 16.1 Å². The molecule has 0 aliphatic carbocycles. The van der Waals surface area contributed by atoms with E-state index in [9.17, 15) is 0 Å². The van der Waals surface area contributed by atoms with Gasteiger partial charge in [-0.15, -0.1) is 0 Å². The molecule has 5 rings (SSSR count). The molecule has 0 fully saturated rings. The van der Waals surface area contributed by atoms with Crippen molar-refractivity contribution < 1.29 is 0 Å². The van der Waals surface area contributed by atoms with Crippen LogP contribution in [0, 0.1) is 0 Å². The zero-order valence-electron chi connectivity index (χ0n) is 17.7. The average molecular weight is 432 g/mol. The zero-order chi connectivity index (χ0) is 22.3. The summed E-state index contributed by atoms with van der Waals surface area (Å²) in [4.78, 5) is 13.4. The van der Waals surface area contributed by atoms with Crippen molar-refractivity contribution in [3.63, 3.8) is 0 Å². The van der Waals surface area contributed by atoms with Gasteiger partial charge in [-0.2, -0.15) is 20.1 Å². The lowest BCUT2D eigenvalue weighted by Crippen LogP contribution is -2.07. The summed E-state index contributed by atoms with van der Waals surface area (Å²) in [6.07, 6.45) is 1.74. The number of hydrogen-bond donors (Lipinski definition) is 3. The summed E-state index contributed by atoms with van der Waals surface area (Å²) in [6.45, 7) is 0. The molecular formula is C26H21N7. The Bertz CT molecular complexity index is 1330. The van der Waals surface area contributed by atoms with Gasteiger partial charge in [-0.05, 0) is 46.7 Å². The number of hydrazone groups is 1. The Morgan fingerprint density at radius 1 is 0.545 bits per heavy atom. The van der Waals surface area contributed by atoms with Gasteiger partial charge in [0.05, 0.1) is 6.21 Å². The Balaban J connectivity index is 1.38. The number of benzene rings is 4. The minimum absolute atomic E-state index is 0.318. The maximum Gasteiger partial charge on any atom is 0.250 e. The molecule has 0 saturated carbocycles. The van der Waals surface area contributed by atoms with E-state index >= 15 is 0 Å². The number of hydrogen-bond acceptors (Lipinski definition) is 7. The van der Waals surface area contributed by atoms with Crippen LogP contribution in [-0.2, 0) is 0 Å². The fourth-order valence-corrected chi connectivity index (χ4v) is 3.29. The molecule has 7 nitrogen and oxygen atoms in total. The second-order valence-electron chi connectivity index (χ2n) is 7.26. The summed E-state index contributed by atoms with van der Waals surface area (Å²) in [5.74, 6) is 1.12. The first kappa shape index (κ1) is 20.1. The van der Waals surface area contributed by atoms with Crippen molar-refractivity contribution in [1.82, 2.24) is 15.0 Å². The number of nitrogens with one attached hydrogen (secondary N) is 3. The van der Waals surface area contributed by atoms with Gasteiger partial charge in [0, 0.05) is 11.4 Å². The summed E-state index contributed by atoms with van der Waals surface area (Å²) in [5, 5.41) is 13.1. The number of fused-ring (bicyclic) bond motifs is 1. The van der Waals surface area contributed by atoms with Crippen LogP contribution in [0.4, 0.5) is 29.2 Å². The number of rotatable bonds is 7. The van der Waals surface area contributed by atoms with Crippen molar-refractivity contribution in [2.75, 3.05) is 16.1 Å². The molecule has 0 unspecified atom stereocenters. The second-order valence-corrected chi connectivity index (χ2v) is 7.26. The van der Waals surface area contributed by atoms with E-state index in [-0.39, 0.29) is 0 Å². The highest BCUT2D eigenvalue weighted by Crippen LogP contribution is 2.19. The van der Waals surface area contributed by atoms with Crippen LogP contribution in [-0.4, -0.2) is 21.2 Å². The number of aromatic nitrogens is 3. The maximum atomic E-state index is 4.49. The van der Waals surface area contributed by atoms with Crippen molar-refractivity contribution in [3.05, 3.63) is 109 Å². The largest absolute Gasteiger partial charge is 0.324 e. The first-order chi connectivity index (χ1) is 16.3. The molecule has 0 saturated heterocycles. The molecule has 3 N–H and O–H groups in total. The van der Waals surface area contributed by atoms with E-state index in [1.54, 1.807) is 6.21 Å². The highest BCUT2D eigenvalue weighted by atomic mass is 15.4. The van der Waals surface area contributed by atoms with E-state index in [1.165, 1.54) is 5.39 Å². The Kier molecular flexibility index (Phi) is 5.84. The second kappa shape index (κ2) is 9.57. The van der Waals surface area contributed by atoms with Gasteiger partial charge < -0.3 is 10.6 Å². The summed E-state index contributed by atoms with van der Waals surface area (Å²) < 4.78 is 0. The van der Waals surface area contributed by atoms with Crippen LogP contribution in [0.25, 0.3) is 10.8 Å². The van der Waals surface area contributed by atoms with Crippen molar-refractivity contribution in [2.24, 2.45) is 5.10 Å². The van der Waals surface area contributed by atoms with Crippen LogP contribution in [0.3, 0.4) is 0 Å². The molecule has 0 atom stereocenters. The molecule has 0 amide bonds. The molecule has 160 valence electrons. The van der Waals surface area contributed by atoms with E-state index in [2.05, 4.69) is 60.4 Å². The third-order valence-corrected chi connectivity index (χ3v) is 4.85. The Hall–Kier alpha value is -4.78. The van der Waals surface area contributed by atoms with E-state index in [1.807, 2.05) is 78.9 Å². The first-order valence-electron chi connectivity index (χ1n) is 10.5. The van der Waals surface area contributed by atoms with E-state index in [0.717, 1.165) is 22.3 Å². The van der Waals surface area contributed by atoms with E-state index in [0.29, 0.717) is 17.8 Å². The normalized spacial score (nSPS) is 10.9. The third kappa shape index (κ3) is 5.29. The molecule has 5 aromatic rings. The predicted molar refractivity (Wildman–Crippen MR) is 134 cm³/mol. The van der Waals surface area contributed by atoms with Gasteiger partial charge in [-0.25, -0.2) is 5.43 Å². The summed E-state index contributed by atoms with van der Waals surface area (Å²) >= 11 is 0. The Morgan fingerprint density at radius 3 is 1.73 bits per heavy atom. The predicted octanol–water partition coefficient (Wildman–Crippen LogP) is 5.96. The first-order valence-corrected chi connectivity index (χ1v) is 10.5. The molecule has 1 aromatic heterocycles. The quantitative estimate of drug-likeness (QED) is 0.218. The van der Waals surface area contributed by atoms with E-state index in [4.69, 9.17) is 0 Å². The van der Waals surface area contributed by atoms with Gasteiger partial charge in [0.1, 0.15) is 0 Å². The van der Waals surface area contributed by atoms with Gasteiger partial charge in [-0.3, -0.25) is 0 Å². The number of anilines is 5. The minimum Gasteiger partial charge on any atom is -0.324 e. The summed E-state index contributed by atoms with van der Waals surface area (Å²) in [5.41, 5.74) is 5.64. The molecular weight excluding hydrogens is 410 g/mol. The minimum atomic E-state index is 0.318. The number of nitrogens with zero attached hydrogens (tertiary/aromatic N) is 4. The average Bonchev–Trinajstić information content (AvgIpc) is 2.85. The molecule has 0 radical (unpaired) electrons. The fraction of sp³-hybridized carbons (Fsp3) is 0. The third-order valence-electron chi connectivity index (χ3n) is 4.85. The van der Waals surface area contributed by atoms with Crippen molar-refractivity contribution >= 4 is 46.2 Å². The Labute approximate surface area is 191 Å². The van der Waals surface area contributed by atoms with Gasteiger partial charge in [0.2, 0.25) is 17.8 Å². The molecule has 0 bridgehead atoms. The van der Waals surface area contributed by atoms with Gasteiger partial charge in [0.25, 0.3) is 0 Å². The van der Waals surface area contributed by atoms with Crippen LogP contribution in [0.15, 0.2) is 108 Å². The van der Waals surface area contributed by atoms with Gasteiger partial charge >= 0.3 is 0 Å². The van der Waals surface area contributed by atoms with Crippen molar-refractivity contribution in [1.29, 1.82) is 0 Å². The number of para-hydroxylation sites is 2. The molecule has 0 spiro atoms. The molecule has 7 heteroatoms. The SMILES string of the molecule is C(=NNc1nc(Nc2ccccc2)nc(Nc2ccccc2)n1)c1ccc2ccccc2c1. The highest BCUT2D eigenvalue weighted by Gasteiger charge is 2.07. The van der Waals surface area contributed by atoms with Crippen LogP contribution >= 0.6 is 0 Å². The topological polar surface area (TPSA) is 87.1 Å². The molecule has 0 aliphatic rings. The lowest BCUT2D eigenvalue weighted by molar-refractivity contribution is 1.04. The monoisotopic (exact) mass is 431 g/mol. The molecule has 4 aromatic carbocycles. The van der Waals surface area contributed by atoms with Crippen LogP contribution in [0.5, 0.6) is 0 Å². The van der Waals surface area contributed by atoms with Gasteiger partial charge in [0.15, 0.2) is 0 Å². The van der Waals surface area contributed by atoms with Crippen LogP contribution in [0.2, 0.25) is 0 Å². The highest BCUT2D eigenvalue weighted by molar-refractivity contribution is 5.90. The molecule has 33 heavy (non-hydrogen) atoms. The van der Waals surface area contributed by atoms with Gasteiger partial charge in [-0.1, -0.05) is 72.8 Å². The standard InChI is InChI=1S/C26H21N7/c1-3-11-22(12-4-1)28-24-30-25(29-23-13-5-2-6-14-23)32-26(31-24)33-27-18-19-15-16-20-9-7-8-10-21(20)17-19/h1-18H,(H3,28,29,30,31,32,33). The zero-order valence-corrected chi connectivity index (χ0v) is 17.7. The van der Waals surface area contributed by atoms with Crippen LogP contribution in [0.1, 0.15) is 5.56 Å². The maximum absolute atomic E-state index is 4.49. The Morgan fingerprint density at radius 2 is 1.09 bits per heavy atom. The summed E-state index contributed by atoms with van der Waals surface area (Å²) in [6, 6.07) is 33.8. The molecule has 0 aliphatic heterocycles. The lowest BCUT2D eigenvalue weighted by Gasteiger charge is -2.10. The summed E-state index contributed by atoms with van der Waals surface area (Å²) in [7, 11) is 0. The smallest absolute Gasteiger partial charge is 0.250 e. The fourth-order valence-electron chi connectivity index (χ4n) is 3.29. The van der Waals surface area contributed by atoms with Crippen molar-refractivity contribution in [3.8, 4) is 0 Å². The molecule has 1 heterocycles. The van der Waals surface area contributed by atoms with Crippen molar-refractivity contribution in [2.45, 2.75) is 0 Å². The lowest BCUT2D eigenvalue weighted by atomic mass is 10.1.